The van der Waals surface area contributed by atoms with Crippen LogP contribution in [0.25, 0.3) is 0 Å². The van der Waals surface area contributed by atoms with Gasteiger partial charge in [0.15, 0.2) is 0 Å². The van der Waals surface area contributed by atoms with Gasteiger partial charge in [-0.15, -0.1) is 0 Å². The highest BCUT2D eigenvalue weighted by molar-refractivity contribution is 6.30. The zero-order chi connectivity index (χ0) is 13.7. The van der Waals surface area contributed by atoms with Gasteiger partial charge in [0.05, 0.1) is 6.61 Å². The van der Waals surface area contributed by atoms with Crippen molar-refractivity contribution in [3.63, 3.8) is 0 Å². The first-order valence-electron chi connectivity index (χ1n) is 6.62. The summed E-state index contributed by atoms with van der Waals surface area (Å²) in [5.74, 6) is 1.03. The molecule has 4 heteroatoms. The first kappa shape index (κ1) is 14.1. The molecule has 0 radical (unpaired) electrons. The Balaban J connectivity index is 2.19. The van der Waals surface area contributed by atoms with Crippen molar-refractivity contribution in [2.45, 2.75) is 39.3 Å². The van der Waals surface area contributed by atoms with Gasteiger partial charge in [-0.1, -0.05) is 31.0 Å². The molecular weight excluding hydrogens is 260 g/mol. The third kappa shape index (κ3) is 3.58. The molecule has 1 aromatic carbocycles. The largest absolute Gasteiger partial charge is 0.392 e. The summed E-state index contributed by atoms with van der Waals surface area (Å²) in [5.41, 5.74) is 1.95. The van der Waals surface area contributed by atoms with Crippen LogP contribution in [0.15, 0.2) is 30.6 Å². The molecule has 0 saturated carbocycles. The van der Waals surface area contributed by atoms with E-state index in [1.165, 1.54) is 6.42 Å². The Kier molecular flexibility index (Phi) is 5.00. The lowest BCUT2D eigenvalue weighted by atomic mass is 10.0. The minimum absolute atomic E-state index is 0.00552. The third-order valence-corrected chi connectivity index (χ3v) is 3.48. The maximum absolute atomic E-state index is 9.40. The minimum Gasteiger partial charge on any atom is -0.392 e. The number of nitrogens with zero attached hydrogens (tertiary/aromatic N) is 2. The van der Waals surface area contributed by atoms with Crippen LogP contribution in [-0.4, -0.2) is 14.7 Å². The maximum atomic E-state index is 9.40. The molecule has 0 spiro atoms. The Morgan fingerprint density at radius 3 is 2.89 bits per heavy atom. The predicted octanol–water partition coefficient (Wildman–Crippen LogP) is 3.42. The first-order chi connectivity index (χ1) is 9.24. The van der Waals surface area contributed by atoms with Gasteiger partial charge >= 0.3 is 0 Å². The van der Waals surface area contributed by atoms with Crippen LogP contribution in [0.1, 0.15) is 36.7 Å². The zero-order valence-corrected chi connectivity index (χ0v) is 11.9. The average molecular weight is 279 g/mol. The molecule has 2 rings (SSSR count). The van der Waals surface area contributed by atoms with Crippen molar-refractivity contribution < 1.29 is 5.11 Å². The van der Waals surface area contributed by atoms with Crippen LogP contribution < -0.4 is 0 Å². The molecule has 19 heavy (non-hydrogen) atoms. The Hall–Kier alpha value is -1.32. The van der Waals surface area contributed by atoms with E-state index in [1.807, 2.05) is 30.6 Å². The van der Waals surface area contributed by atoms with E-state index >= 15 is 0 Å². The lowest BCUT2D eigenvalue weighted by Gasteiger charge is -2.10. The smallest absolute Gasteiger partial charge is 0.113 e. The van der Waals surface area contributed by atoms with Crippen LogP contribution in [0.2, 0.25) is 5.02 Å². The molecule has 1 aromatic heterocycles. The van der Waals surface area contributed by atoms with Gasteiger partial charge in [0.2, 0.25) is 0 Å². The monoisotopic (exact) mass is 278 g/mol. The Morgan fingerprint density at radius 2 is 2.16 bits per heavy atom. The van der Waals surface area contributed by atoms with E-state index in [0.717, 1.165) is 36.3 Å². The van der Waals surface area contributed by atoms with Crippen LogP contribution in [0.4, 0.5) is 0 Å². The normalized spacial score (nSPS) is 10.9. The van der Waals surface area contributed by atoms with Crippen LogP contribution in [-0.2, 0) is 19.6 Å². The second-order valence-corrected chi connectivity index (χ2v) is 5.07. The van der Waals surface area contributed by atoms with E-state index in [0.29, 0.717) is 5.02 Å². The average Bonchev–Trinajstić information content (AvgIpc) is 2.85. The van der Waals surface area contributed by atoms with Crippen LogP contribution in [0.3, 0.4) is 0 Å². The number of rotatable bonds is 6. The van der Waals surface area contributed by atoms with Gasteiger partial charge in [-0.25, -0.2) is 4.98 Å². The standard InChI is InChI=1S/C15H19ClN2O/c1-2-3-7-18-8-6-17-15(18)10-12-4-5-14(16)9-13(12)11-19/h4-6,8-9,19H,2-3,7,10-11H2,1H3. The minimum atomic E-state index is 0.00552. The summed E-state index contributed by atoms with van der Waals surface area (Å²) in [6.45, 7) is 3.18. The van der Waals surface area contributed by atoms with E-state index in [2.05, 4.69) is 16.5 Å². The van der Waals surface area contributed by atoms with Crippen molar-refractivity contribution in [1.29, 1.82) is 0 Å². The molecule has 2 aromatic rings. The van der Waals surface area contributed by atoms with Crippen molar-refractivity contribution >= 4 is 11.6 Å². The van der Waals surface area contributed by atoms with Gasteiger partial charge in [0, 0.05) is 30.4 Å². The number of aliphatic hydroxyl groups excluding tert-OH is 1. The van der Waals surface area contributed by atoms with Gasteiger partial charge < -0.3 is 9.67 Å². The number of unbranched alkanes of at least 4 members (excludes halogenated alkanes) is 1. The van der Waals surface area contributed by atoms with Crippen molar-refractivity contribution in [1.82, 2.24) is 9.55 Å². The number of aromatic nitrogens is 2. The predicted molar refractivity (Wildman–Crippen MR) is 77.3 cm³/mol. The molecule has 3 nitrogen and oxygen atoms in total. The lowest BCUT2D eigenvalue weighted by Crippen LogP contribution is -2.05. The molecule has 0 bridgehead atoms. The van der Waals surface area contributed by atoms with Crippen LogP contribution in [0, 0.1) is 0 Å². The molecule has 0 fully saturated rings. The number of imidazole rings is 1. The van der Waals surface area contributed by atoms with E-state index in [-0.39, 0.29) is 6.61 Å². The van der Waals surface area contributed by atoms with E-state index < -0.39 is 0 Å². The van der Waals surface area contributed by atoms with Gasteiger partial charge in [0.1, 0.15) is 5.82 Å². The van der Waals surface area contributed by atoms with E-state index in [1.54, 1.807) is 0 Å². The summed E-state index contributed by atoms with van der Waals surface area (Å²) in [6.07, 6.45) is 6.89. The van der Waals surface area contributed by atoms with Gasteiger partial charge in [0.25, 0.3) is 0 Å². The molecule has 1 N–H and O–H groups in total. The van der Waals surface area contributed by atoms with Crippen LogP contribution in [0.5, 0.6) is 0 Å². The number of hydrogen-bond acceptors (Lipinski definition) is 2. The fourth-order valence-electron chi connectivity index (χ4n) is 2.12. The number of hydrogen-bond donors (Lipinski definition) is 1. The molecule has 0 unspecified atom stereocenters. The Labute approximate surface area is 118 Å². The Bertz CT molecular complexity index is 537. The highest BCUT2D eigenvalue weighted by atomic mass is 35.5. The number of benzene rings is 1. The molecule has 0 aliphatic heterocycles. The summed E-state index contributed by atoms with van der Waals surface area (Å²) in [5, 5.41) is 10.1. The maximum Gasteiger partial charge on any atom is 0.113 e. The molecule has 1 heterocycles. The number of aliphatic hydroxyl groups is 1. The van der Waals surface area contributed by atoms with Gasteiger partial charge in [-0.2, -0.15) is 0 Å². The van der Waals surface area contributed by atoms with Crippen molar-refractivity contribution in [3.8, 4) is 0 Å². The highest BCUT2D eigenvalue weighted by Crippen LogP contribution is 2.19. The number of aryl methyl sites for hydroxylation is 1. The fourth-order valence-corrected chi connectivity index (χ4v) is 2.32. The van der Waals surface area contributed by atoms with Crippen molar-refractivity contribution in [2.75, 3.05) is 0 Å². The topological polar surface area (TPSA) is 38.0 Å². The quantitative estimate of drug-likeness (QED) is 0.879. The van der Waals surface area contributed by atoms with Gasteiger partial charge in [-0.3, -0.25) is 0 Å². The second kappa shape index (κ2) is 6.73. The van der Waals surface area contributed by atoms with Crippen LogP contribution >= 0.6 is 11.6 Å². The molecule has 0 saturated heterocycles. The highest BCUT2D eigenvalue weighted by Gasteiger charge is 2.08. The van der Waals surface area contributed by atoms with Crippen molar-refractivity contribution in [2.24, 2.45) is 0 Å². The summed E-state index contributed by atoms with van der Waals surface area (Å²) in [6, 6.07) is 5.64. The summed E-state index contributed by atoms with van der Waals surface area (Å²) < 4.78 is 2.18. The molecule has 0 aliphatic carbocycles. The molecule has 0 aliphatic rings. The molecule has 0 amide bonds. The molecule has 102 valence electrons. The van der Waals surface area contributed by atoms with Crippen molar-refractivity contribution in [3.05, 3.63) is 52.6 Å². The second-order valence-electron chi connectivity index (χ2n) is 4.64. The summed E-state index contributed by atoms with van der Waals surface area (Å²) >= 11 is 5.95. The first-order valence-corrected chi connectivity index (χ1v) is 7.00. The summed E-state index contributed by atoms with van der Waals surface area (Å²) in [7, 11) is 0. The molecular formula is C15H19ClN2O. The Morgan fingerprint density at radius 1 is 1.32 bits per heavy atom. The van der Waals surface area contributed by atoms with E-state index in [9.17, 15) is 5.11 Å². The summed E-state index contributed by atoms with van der Waals surface area (Å²) in [4.78, 5) is 4.41. The number of halogens is 1. The SMILES string of the molecule is CCCCn1ccnc1Cc1ccc(Cl)cc1CO. The lowest BCUT2D eigenvalue weighted by molar-refractivity contribution is 0.280. The fraction of sp³-hybridized carbons (Fsp3) is 0.400. The van der Waals surface area contributed by atoms with E-state index in [4.69, 9.17) is 11.6 Å². The third-order valence-electron chi connectivity index (χ3n) is 3.24. The van der Waals surface area contributed by atoms with Gasteiger partial charge in [-0.05, 0) is 29.7 Å². The zero-order valence-electron chi connectivity index (χ0n) is 11.1. The molecule has 0 atom stereocenters.